The van der Waals surface area contributed by atoms with Crippen molar-refractivity contribution in [2.75, 3.05) is 25.5 Å². The van der Waals surface area contributed by atoms with E-state index >= 15 is 0 Å². The quantitative estimate of drug-likeness (QED) is 0.269. The number of aromatic hydroxyl groups is 2. The third-order valence-electron chi connectivity index (χ3n) is 9.67. The fourth-order valence-corrected chi connectivity index (χ4v) is 7.70. The number of nitrogens with one attached hydrogen (secondary N) is 1. The molecule has 1 aliphatic heterocycles. The molecular weight excluding hydrogens is 536 g/mol. The first-order valence-corrected chi connectivity index (χ1v) is 14.0. The molecule has 2 fully saturated rings. The number of allylic oxidation sites excluding steroid dienone is 1. The van der Waals surface area contributed by atoms with Gasteiger partial charge in [-0.3, -0.25) is 9.69 Å². The molecule has 0 unspecified atom stereocenters. The van der Waals surface area contributed by atoms with Crippen LogP contribution in [-0.4, -0.2) is 69.0 Å². The second kappa shape index (κ2) is 9.39. The SMILES string of the molecule is COC(=O)c1ccc(NC(=O)C2=C(O)[C@H](C)[C@]34CCN(CC5CC5)[C@H](Cc5ccc(O)c(O)c53)[C@]4(O)C2)c(Cl)c1. The third kappa shape index (κ3) is 3.82. The molecule has 1 saturated heterocycles. The van der Waals surface area contributed by atoms with E-state index < -0.39 is 28.8 Å². The molecule has 0 spiro atoms. The summed E-state index contributed by atoms with van der Waals surface area (Å²) in [6.07, 6.45) is 3.04. The number of amides is 1. The number of hydrogen-bond acceptors (Lipinski definition) is 8. The Morgan fingerprint density at radius 3 is 2.60 bits per heavy atom. The lowest BCUT2D eigenvalue weighted by molar-refractivity contribution is -0.171. The van der Waals surface area contributed by atoms with E-state index in [0.717, 1.165) is 24.9 Å². The van der Waals surface area contributed by atoms with E-state index in [9.17, 15) is 30.0 Å². The van der Waals surface area contributed by atoms with Gasteiger partial charge in [0.2, 0.25) is 0 Å². The number of carbonyl (C=O) groups excluding carboxylic acids is 2. The molecule has 6 rings (SSSR count). The predicted octanol–water partition coefficient (Wildman–Crippen LogP) is 4.04. The van der Waals surface area contributed by atoms with Crippen LogP contribution in [0.5, 0.6) is 11.5 Å². The molecule has 0 aromatic heterocycles. The fraction of sp³-hybridized carbons (Fsp3) is 0.467. The van der Waals surface area contributed by atoms with Gasteiger partial charge in [-0.05, 0) is 68.0 Å². The summed E-state index contributed by atoms with van der Waals surface area (Å²) in [5.74, 6) is -2.07. The molecule has 4 atom stereocenters. The number of phenols is 2. The Morgan fingerprint density at radius 2 is 1.93 bits per heavy atom. The number of piperidine rings is 1. The number of rotatable bonds is 5. The van der Waals surface area contributed by atoms with Crippen LogP contribution in [0.3, 0.4) is 0 Å². The zero-order valence-corrected chi connectivity index (χ0v) is 23.2. The van der Waals surface area contributed by atoms with Gasteiger partial charge in [0, 0.05) is 35.9 Å². The van der Waals surface area contributed by atoms with Crippen LogP contribution in [0.4, 0.5) is 5.69 Å². The van der Waals surface area contributed by atoms with Gasteiger partial charge in [-0.25, -0.2) is 4.79 Å². The summed E-state index contributed by atoms with van der Waals surface area (Å²) in [5, 5.41) is 48.7. The van der Waals surface area contributed by atoms with Gasteiger partial charge in [0.1, 0.15) is 5.76 Å². The van der Waals surface area contributed by atoms with E-state index in [-0.39, 0.29) is 51.6 Å². The van der Waals surface area contributed by atoms with Crippen LogP contribution in [-0.2, 0) is 21.4 Å². The second-order valence-electron chi connectivity index (χ2n) is 11.7. The summed E-state index contributed by atoms with van der Waals surface area (Å²) in [4.78, 5) is 27.8. The molecule has 40 heavy (non-hydrogen) atoms. The lowest BCUT2D eigenvalue weighted by Crippen LogP contribution is -2.75. The maximum Gasteiger partial charge on any atom is 0.337 e. The van der Waals surface area contributed by atoms with Crippen molar-refractivity contribution in [3.05, 3.63) is 63.4 Å². The average Bonchev–Trinajstić information content (AvgIpc) is 3.75. The first-order valence-electron chi connectivity index (χ1n) is 13.6. The second-order valence-corrected chi connectivity index (χ2v) is 12.1. The number of hydrogen-bond donors (Lipinski definition) is 5. The smallest absolute Gasteiger partial charge is 0.337 e. The van der Waals surface area contributed by atoms with Gasteiger partial charge in [-0.1, -0.05) is 24.6 Å². The zero-order valence-electron chi connectivity index (χ0n) is 22.4. The van der Waals surface area contributed by atoms with E-state index in [2.05, 4.69) is 10.2 Å². The number of carbonyl (C=O) groups is 2. The molecule has 4 aliphatic rings. The molecular formula is C30H33ClN2O7. The van der Waals surface area contributed by atoms with Crippen molar-refractivity contribution in [2.24, 2.45) is 11.8 Å². The number of benzene rings is 2. The maximum absolute atomic E-state index is 13.6. The Labute approximate surface area is 237 Å². The Balaban J connectivity index is 1.42. The number of esters is 1. The van der Waals surface area contributed by atoms with Crippen molar-refractivity contribution in [3.63, 3.8) is 0 Å². The number of fused-ring (bicyclic) bond motifs is 1. The molecule has 5 N–H and O–H groups in total. The van der Waals surface area contributed by atoms with Crippen molar-refractivity contribution in [3.8, 4) is 11.5 Å². The predicted molar refractivity (Wildman–Crippen MR) is 148 cm³/mol. The summed E-state index contributed by atoms with van der Waals surface area (Å²) in [6.45, 7) is 3.27. The number of halogens is 1. The monoisotopic (exact) mass is 568 g/mol. The van der Waals surface area contributed by atoms with Crippen molar-refractivity contribution in [2.45, 2.75) is 56.1 Å². The lowest BCUT2D eigenvalue weighted by atomic mass is 9.46. The van der Waals surface area contributed by atoms with E-state index in [0.29, 0.717) is 30.9 Å². The molecule has 2 bridgehead atoms. The number of methoxy groups -OCH3 is 1. The van der Waals surface area contributed by atoms with E-state index in [4.69, 9.17) is 16.3 Å². The number of ether oxygens (including phenoxy) is 1. The van der Waals surface area contributed by atoms with Crippen LogP contribution in [0.25, 0.3) is 0 Å². The highest BCUT2D eigenvalue weighted by molar-refractivity contribution is 6.34. The largest absolute Gasteiger partial charge is 0.512 e. The number of aliphatic hydroxyl groups excluding tert-OH is 1. The minimum absolute atomic E-state index is 0.0418. The molecule has 1 saturated carbocycles. The maximum atomic E-state index is 13.6. The van der Waals surface area contributed by atoms with Gasteiger partial charge in [0.15, 0.2) is 11.5 Å². The van der Waals surface area contributed by atoms with Crippen LogP contribution >= 0.6 is 11.6 Å². The van der Waals surface area contributed by atoms with Crippen molar-refractivity contribution in [1.82, 2.24) is 4.90 Å². The highest BCUT2D eigenvalue weighted by Crippen LogP contribution is 2.64. The van der Waals surface area contributed by atoms with Gasteiger partial charge >= 0.3 is 5.97 Å². The van der Waals surface area contributed by atoms with E-state index in [1.807, 2.05) is 0 Å². The van der Waals surface area contributed by atoms with E-state index in [1.165, 1.54) is 31.4 Å². The summed E-state index contributed by atoms with van der Waals surface area (Å²) in [7, 11) is 1.26. The van der Waals surface area contributed by atoms with Crippen LogP contribution in [0.2, 0.25) is 5.02 Å². The number of nitrogens with zero attached hydrogens (tertiary/aromatic N) is 1. The first-order chi connectivity index (χ1) is 19.0. The molecule has 3 aliphatic carbocycles. The molecule has 9 nitrogen and oxygen atoms in total. The average molecular weight is 569 g/mol. The summed E-state index contributed by atoms with van der Waals surface area (Å²) >= 11 is 6.35. The number of phenolic OH excluding ortho intramolecular Hbond substituents is 2. The number of aliphatic hydroxyl groups is 2. The van der Waals surface area contributed by atoms with Crippen LogP contribution in [0, 0.1) is 11.8 Å². The molecule has 2 aromatic carbocycles. The van der Waals surface area contributed by atoms with Gasteiger partial charge in [0.05, 0.1) is 34.6 Å². The highest BCUT2D eigenvalue weighted by Gasteiger charge is 2.69. The Hall–Kier alpha value is -3.27. The normalized spacial score (nSPS) is 29.4. The van der Waals surface area contributed by atoms with Gasteiger partial charge in [-0.2, -0.15) is 0 Å². The lowest BCUT2D eigenvalue weighted by Gasteiger charge is -2.65. The highest BCUT2D eigenvalue weighted by atomic mass is 35.5. The van der Waals surface area contributed by atoms with Crippen molar-refractivity contribution >= 4 is 29.2 Å². The van der Waals surface area contributed by atoms with Crippen LogP contribution < -0.4 is 5.32 Å². The van der Waals surface area contributed by atoms with Crippen molar-refractivity contribution in [1.29, 1.82) is 0 Å². The molecule has 0 radical (unpaired) electrons. The molecule has 1 amide bonds. The van der Waals surface area contributed by atoms with Crippen LogP contribution in [0.1, 0.15) is 54.1 Å². The van der Waals surface area contributed by atoms with Gasteiger partial charge < -0.3 is 30.5 Å². The van der Waals surface area contributed by atoms with Gasteiger partial charge in [0.25, 0.3) is 5.91 Å². The van der Waals surface area contributed by atoms with E-state index in [1.54, 1.807) is 13.0 Å². The number of likely N-dealkylation sites (tertiary alicyclic amines) is 1. The first kappa shape index (κ1) is 26.9. The molecule has 2 aromatic rings. The number of anilines is 1. The molecule has 212 valence electrons. The third-order valence-corrected chi connectivity index (χ3v) is 9.98. The topological polar surface area (TPSA) is 140 Å². The Morgan fingerprint density at radius 1 is 1.18 bits per heavy atom. The van der Waals surface area contributed by atoms with Crippen molar-refractivity contribution < 1.29 is 34.8 Å². The minimum Gasteiger partial charge on any atom is -0.512 e. The summed E-state index contributed by atoms with van der Waals surface area (Å²) < 4.78 is 4.72. The Kier molecular flexibility index (Phi) is 6.32. The summed E-state index contributed by atoms with van der Waals surface area (Å²) in [5.41, 5.74) is -0.820. The van der Waals surface area contributed by atoms with Gasteiger partial charge in [-0.15, -0.1) is 0 Å². The molecule has 1 heterocycles. The zero-order chi connectivity index (χ0) is 28.6. The Bertz CT molecular complexity index is 1450. The van der Waals surface area contributed by atoms with Crippen LogP contribution in [0.15, 0.2) is 41.7 Å². The molecule has 10 heteroatoms. The summed E-state index contributed by atoms with van der Waals surface area (Å²) in [6, 6.07) is 7.25. The standard InChI is InChI=1S/C30H33ClN2O7/c1-15-25(35)19(27(37)32-21-7-5-18(11-20(21)31)28(38)40-2)13-30(39)23-12-17-6-8-22(34)26(36)24(17)29(15,30)9-10-33(23)14-16-3-4-16/h5-8,11,15-16,23,34-36,39H,3-4,9-10,12-14H2,1-2H3,(H,32,37)/t15-,23+,29+,30+/m0/s1. The fourth-order valence-electron chi connectivity index (χ4n) is 7.47. The minimum atomic E-state index is -1.50.